The minimum absolute atomic E-state index is 0.140. The van der Waals surface area contributed by atoms with E-state index >= 15 is 0 Å². The van der Waals surface area contributed by atoms with Crippen molar-refractivity contribution < 1.29 is 4.92 Å². The zero-order valence-corrected chi connectivity index (χ0v) is 14.7. The van der Waals surface area contributed by atoms with E-state index in [2.05, 4.69) is 19.9 Å². The first kappa shape index (κ1) is 17.3. The molecule has 4 aromatic rings. The predicted octanol–water partition coefficient (Wildman–Crippen LogP) is 3.30. The van der Waals surface area contributed by atoms with E-state index in [1.54, 1.807) is 29.4 Å². The van der Waals surface area contributed by atoms with Gasteiger partial charge in [0, 0.05) is 18.6 Å². The molecule has 0 aliphatic heterocycles. The van der Waals surface area contributed by atoms with Crippen molar-refractivity contribution in [1.29, 1.82) is 0 Å². The molecule has 0 spiro atoms. The summed E-state index contributed by atoms with van der Waals surface area (Å²) in [6.45, 7) is 0.360. The zero-order valence-electron chi connectivity index (χ0n) is 14.7. The number of benzene rings is 1. The number of pyridine rings is 1. The molecule has 3 heterocycles. The Bertz CT molecular complexity index is 1070. The lowest BCUT2D eigenvalue weighted by Gasteiger charge is -2.23. The van der Waals surface area contributed by atoms with E-state index in [0.717, 1.165) is 5.56 Å². The molecule has 0 radical (unpaired) electrons. The third kappa shape index (κ3) is 3.40. The van der Waals surface area contributed by atoms with E-state index in [0.29, 0.717) is 12.4 Å². The number of nitro groups is 1. The lowest BCUT2D eigenvalue weighted by Crippen LogP contribution is -2.21. The molecule has 0 atom stereocenters. The number of imidazole rings is 1. The van der Waals surface area contributed by atoms with Crippen LogP contribution in [0, 0.1) is 10.1 Å². The van der Waals surface area contributed by atoms with Crippen molar-refractivity contribution in [2.75, 3.05) is 4.90 Å². The summed E-state index contributed by atoms with van der Waals surface area (Å²) < 4.78 is 1.49. The van der Waals surface area contributed by atoms with Crippen LogP contribution in [0.1, 0.15) is 5.56 Å². The van der Waals surface area contributed by atoms with E-state index in [1.807, 2.05) is 36.4 Å². The molecule has 3 aromatic heterocycles. The molecule has 0 aliphatic carbocycles. The average Bonchev–Trinajstić information content (AvgIpc) is 3.27. The molecule has 0 saturated heterocycles. The first-order valence-electron chi connectivity index (χ1n) is 8.44. The average molecular weight is 373 g/mol. The molecule has 0 aliphatic rings. The summed E-state index contributed by atoms with van der Waals surface area (Å²) in [5, 5.41) is 12.0. The minimum atomic E-state index is -0.481. The molecular weight excluding hydrogens is 358 g/mol. The maximum absolute atomic E-state index is 12.0. The van der Waals surface area contributed by atoms with Crippen LogP contribution in [0.2, 0.25) is 0 Å². The number of nitrogens with zero attached hydrogens (tertiary/aromatic N) is 7. The van der Waals surface area contributed by atoms with Gasteiger partial charge in [-0.2, -0.15) is 0 Å². The second kappa shape index (κ2) is 7.62. The lowest BCUT2D eigenvalue weighted by atomic mass is 10.2. The van der Waals surface area contributed by atoms with Crippen LogP contribution >= 0.6 is 0 Å². The van der Waals surface area contributed by atoms with Crippen LogP contribution in [-0.2, 0) is 6.54 Å². The SMILES string of the molecule is O=[N+]([O-])c1c(N(Cc2ccccc2)c2ccccn2)ncnc1-n1ccnc1. The first-order chi connectivity index (χ1) is 13.7. The summed E-state index contributed by atoms with van der Waals surface area (Å²) in [4.78, 5) is 29.9. The van der Waals surface area contributed by atoms with E-state index in [4.69, 9.17) is 0 Å². The Labute approximate surface area is 160 Å². The number of aromatic nitrogens is 5. The summed E-state index contributed by atoms with van der Waals surface area (Å²) in [6.07, 6.45) is 7.53. The first-order valence-corrected chi connectivity index (χ1v) is 8.44. The fraction of sp³-hybridized carbons (Fsp3) is 0.0526. The quantitative estimate of drug-likeness (QED) is 0.377. The molecule has 0 N–H and O–H groups in total. The van der Waals surface area contributed by atoms with Gasteiger partial charge in [-0.05, 0) is 17.7 Å². The molecule has 0 bridgehead atoms. The van der Waals surface area contributed by atoms with Gasteiger partial charge >= 0.3 is 5.69 Å². The fourth-order valence-electron chi connectivity index (χ4n) is 2.84. The molecule has 0 unspecified atom stereocenters. The Morgan fingerprint density at radius 3 is 2.50 bits per heavy atom. The smallest absolute Gasteiger partial charge is 0.301 e. The van der Waals surface area contributed by atoms with Gasteiger partial charge < -0.3 is 4.90 Å². The highest BCUT2D eigenvalue weighted by molar-refractivity contribution is 5.71. The molecular formula is C19H15N7O2. The van der Waals surface area contributed by atoms with Gasteiger partial charge in [-0.25, -0.2) is 19.9 Å². The zero-order chi connectivity index (χ0) is 19.3. The maximum Gasteiger partial charge on any atom is 0.354 e. The van der Waals surface area contributed by atoms with Crippen molar-refractivity contribution in [3.05, 3.63) is 95.5 Å². The molecule has 1 aromatic carbocycles. The largest absolute Gasteiger partial charge is 0.354 e. The molecule has 0 fully saturated rings. The van der Waals surface area contributed by atoms with Gasteiger partial charge in [0.05, 0.1) is 11.5 Å². The second-order valence-electron chi connectivity index (χ2n) is 5.86. The molecule has 9 nitrogen and oxygen atoms in total. The van der Waals surface area contributed by atoms with Crippen LogP contribution in [-0.4, -0.2) is 29.4 Å². The topological polar surface area (TPSA) is 103 Å². The third-order valence-electron chi connectivity index (χ3n) is 4.08. The summed E-state index contributed by atoms with van der Waals surface area (Å²) in [6, 6.07) is 15.0. The van der Waals surface area contributed by atoms with Gasteiger partial charge in [0.1, 0.15) is 18.5 Å². The Morgan fingerprint density at radius 2 is 1.82 bits per heavy atom. The normalized spacial score (nSPS) is 10.6. The molecule has 0 amide bonds. The van der Waals surface area contributed by atoms with Crippen LogP contribution in [0.5, 0.6) is 0 Å². The van der Waals surface area contributed by atoms with Gasteiger partial charge in [0.15, 0.2) is 0 Å². The Morgan fingerprint density at radius 1 is 1.00 bits per heavy atom. The van der Waals surface area contributed by atoms with Gasteiger partial charge in [-0.1, -0.05) is 36.4 Å². The van der Waals surface area contributed by atoms with Gasteiger partial charge in [-0.3, -0.25) is 14.7 Å². The molecule has 0 saturated carbocycles. The summed E-state index contributed by atoms with van der Waals surface area (Å²) in [7, 11) is 0. The number of hydrogen-bond donors (Lipinski definition) is 0. The monoisotopic (exact) mass is 373 g/mol. The van der Waals surface area contributed by atoms with Crippen LogP contribution in [0.4, 0.5) is 17.3 Å². The highest BCUT2D eigenvalue weighted by Gasteiger charge is 2.29. The third-order valence-corrected chi connectivity index (χ3v) is 4.08. The Hall–Kier alpha value is -4.14. The Balaban J connectivity index is 1.89. The van der Waals surface area contributed by atoms with E-state index in [9.17, 15) is 10.1 Å². The van der Waals surface area contributed by atoms with Crippen molar-refractivity contribution in [3.8, 4) is 5.82 Å². The van der Waals surface area contributed by atoms with E-state index < -0.39 is 4.92 Å². The van der Waals surface area contributed by atoms with Crippen LogP contribution < -0.4 is 4.90 Å². The predicted molar refractivity (Wildman–Crippen MR) is 102 cm³/mol. The van der Waals surface area contributed by atoms with Crippen LogP contribution in [0.3, 0.4) is 0 Å². The highest BCUT2D eigenvalue weighted by Crippen LogP contribution is 2.35. The van der Waals surface area contributed by atoms with Gasteiger partial charge in [0.2, 0.25) is 11.6 Å². The van der Waals surface area contributed by atoms with Crippen LogP contribution in [0.15, 0.2) is 79.8 Å². The van der Waals surface area contributed by atoms with Crippen molar-refractivity contribution in [3.63, 3.8) is 0 Å². The number of hydrogen-bond acceptors (Lipinski definition) is 7. The van der Waals surface area contributed by atoms with Crippen molar-refractivity contribution in [1.82, 2.24) is 24.5 Å². The van der Waals surface area contributed by atoms with Gasteiger partial charge in [-0.15, -0.1) is 0 Å². The number of anilines is 2. The highest BCUT2D eigenvalue weighted by atomic mass is 16.6. The molecule has 4 rings (SSSR count). The molecule has 28 heavy (non-hydrogen) atoms. The number of rotatable bonds is 6. The van der Waals surface area contributed by atoms with Crippen molar-refractivity contribution in [2.24, 2.45) is 0 Å². The summed E-state index contributed by atoms with van der Waals surface area (Å²) in [5.41, 5.74) is 0.743. The second-order valence-corrected chi connectivity index (χ2v) is 5.86. The summed E-state index contributed by atoms with van der Waals surface area (Å²) >= 11 is 0. The van der Waals surface area contributed by atoms with Crippen LogP contribution in [0.25, 0.3) is 5.82 Å². The van der Waals surface area contributed by atoms with Crippen molar-refractivity contribution in [2.45, 2.75) is 6.54 Å². The summed E-state index contributed by atoms with van der Waals surface area (Å²) in [5.74, 6) is 0.845. The van der Waals surface area contributed by atoms with Gasteiger partial charge in [0.25, 0.3) is 0 Å². The van der Waals surface area contributed by atoms with Crippen molar-refractivity contribution >= 4 is 17.3 Å². The van der Waals surface area contributed by atoms with E-state index in [1.165, 1.54) is 23.4 Å². The molecule has 9 heteroatoms. The lowest BCUT2D eigenvalue weighted by molar-refractivity contribution is -0.384. The maximum atomic E-state index is 12.0. The minimum Gasteiger partial charge on any atom is -0.301 e. The Kier molecular flexibility index (Phi) is 4.70. The molecule has 138 valence electrons. The fourth-order valence-corrected chi connectivity index (χ4v) is 2.84. The standard InChI is InChI=1S/C19H15N7O2/c27-26(28)17-18(24-11-10-20-14-24)22-13-23-19(17)25(16-8-4-5-9-21-16)12-15-6-2-1-3-7-15/h1-11,13-14H,12H2. The van der Waals surface area contributed by atoms with E-state index in [-0.39, 0.29) is 17.3 Å².